The molecule has 1 aromatic heterocycles. The first-order valence-electron chi connectivity index (χ1n) is 5.28. The number of likely N-dealkylation sites (N-methyl/N-ethyl adjacent to an activating group) is 1. The minimum absolute atomic E-state index is 0.0818. The summed E-state index contributed by atoms with van der Waals surface area (Å²) in [6.07, 6.45) is 1.95. The Kier molecular flexibility index (Phi) is 3.38. The van der Waals surface area contributed by atoms with Gasteiger partial charge in [0.1, 0.15) is 0 Å². The van der Waals surface area contributed by atoms with Crippen LogP contribution in [0.2, 0.25) is 0 Å². The molecule has 0 unspecified atom stereocenters. The molecule has 1 aromatic rings. The van der Waals surface area contributed by atoms with Gasteiger partial charge in [-0.15, -0.1) is 11.3 Å². The second kappa shape index (κ2) is 4.77. The zero-order valence-electron chi connectivity index (χ0n) is 8.90. The van der Waals surface area contributed by atoms with Crippen molar-refractivity contribution in [3.8, 4) is 0 Å². The van der Waals surface area contributed by atoms with Crippen molar-refractivity contribution >= 4 is 17.2 Å². The molecular formula is C11H16N2OS. The van der Waals surface area contributed by atoms with Crippen molar-refractivity contribution in [1.82, 2.24) is 10.2 Å². The van der Waals surface area contributed by atoms with Gasteiger partial charge in [0.05, 0.1) is 6.04 Å². The highest BCUT2D eigenvalue weighted by molar-refractivity contribution is 7.09. The summed E-state index contributed by atoms with van der Waals surface area (Å²) in [5, 5.41) is 5.20. The van der Waals surface area contributed by atoms with Gasteiger partial charge in [0.2, 0.25) is 5.91 Å². The summed E-state index contributed by atoms with van der Waals surface area (Å²) in [7, 11) is 1.88. The Labute approximate surface area is 94.1 Å². The standard InChI is InChI=1S/C11H16N2OS/c1-13(11(14)10-4-6-12-10)7-5-9-3-2-8-15-9/h2-3,8,10,12H,4-7H2,1H3/t10-/m1/s1. The molecule has 2 rings (SSSR count). The van der Waals surface area contributed by atoms with Crippen LogP contribution in [0.25, 0.3) is 0 Å². The zero-order chi connectivity index (χ0) is 10.7. The number of rotatable bonds is 4. The maximum atomic E-state index is 11.8. The van der Waals surface area contributed by atoms with Crippen molar-refractivity contribution in [3.63, 3.8) is 0 Å². The van der Waals surface area contributed by atoms with Crippen LogP contribution in [0.3, 0.4) is 0 Å². The van der Waals surface area contributed by atoms with Crippen LogP contribution >= 0.6 is 11.3 Å². The predicted molar refractivity (Wildman–Crippen MR) is 62.1 cm³/mol. The van der Waals surface area contributed by atoms with Gasteiger partial charge < -0.3 is 10.2 Å². The molecule has 1 aliphatic heterocycles. The van der Waals surface area contributed by atoms with E-state index in [0.29, 0.717) is 0 Å². The number of carbonyl (C=O) groups is 1. The van der Waals surface area contributed by atoms with Crippen molar-refractivity contribution in [2.75, 3.05) is 20.1 Å². The lowest BCUT2D eigenvalue weighted by molar-refractivity contribution is -0.133. The summed E-state index contributed by atoms with van der Waals surface area (Å²) in [6, 6.07) is 4.25. The zero-order valence-corrected chi connectivity index (χ0v) is 9.72. The molecule has 1 saturated heterocycles. The highest BCUT2D eigenvalue weighted by Gasteiger charge is 2.26. The quantitative estimate of drug-likeness (QED) is 0.831. The summed E-state index contributed by atoms with van der Waals surface area (Å²) in [4.78, 5) is 14.9. The second-order valence-electron chi connectivity index (χ2n) is 3.88. The first kappa shape index (κ1) is 10.6. The van der Waals surface area contributed by atoms with Crippen LogP contribution in [-0.4, -0.2) is 37.0 Å². The van der Waals surface area contributed by atoms with Crippen LogP contribution < -0.4 is 5.32 Å². The van der Waals surface area contributed by atoms with Gasteiger partial charge in [-0.3, -0.25) is 4.79 Å². The van der Waals surface area contributed by atoms with Crippen molar-refractivity contribution < 1.29 is 4.79 Å². The van der Waals surface area contributed by atoms with E-state index in [4.69, 9.17) is 0 Å². The highest BCUT2D eigenvalue weighted by atomic mass is 32.1. The maximum Gasteiger partial charge on any atom is 0.239 e. The number of hydrogen-bond donors (Lipinski definition) is 1. The third-order valence-electron chi connectivity index (χ3n) is 2.77. The molecule has 15 heavy (non-hydrogen) atoms. The third-order valence-corrected chi connectivity index (χ3v) is 3.71. The average Bonchev–Trinajstić information content (AvgIpc) is 2.63. The summed E-state index contributed by atoms with van der Waals surface area (Å²) in [6.45, 7) is 1.80. The number of amides is 1. The predicted octanol–water partition coefficient (Wildman–Crippen LogP) is 1.11. The third kappa shape index (κ3) is 2.58. The average molecular weight is 224 g/mol. The van der Waals surface area contributed by atoms with E-state index in [1.165, 1.54) is 4.88 Å². The summed E-state index contributed by atoms with van der Waals surface area (Å²) in [5.74, 6) is 0.234. The summed E-state index contributed by atoms with van der Waals surface area (Å²) < 4.78 is 0. The van der Waals surface area contributed by atoms with Gasteiger partial charge in [-0.2, -0.15) is 0 Å². The molecule has 1 aliphatic rings. The first-order valence-corrected chi connectivity index (χ1v) is 6.16. The Morgan fingerprint density at radius 2 is 2.53 bits per heavy atom. The molecule has 82 valence electrons. The van der Waals surface area contributed by atoms with Crippen molar-refractivity contribution in [3.05, 3.63) is 22.4 Å². The molecule has 0 saturated carbocycles. The Morgan fingerprint density at radius 3 is 3.07 bits per heavy atom. The molecule has 3 nitrogen and oxygen atoms in total. The molecule has 2 heterocycles. The number of nitrogens with zero attached hydrogens (tertiary/aromatic N) is 1. The van der Waals surface area contributed by atoms with Crippen molar-refractivity contribution in [1.29, 1.82) is 0 Å². The second-order valence-corrected chi connectivity index (χ2v) is 4.92. The Bertz CT molecular complexity index is 319. The van der Waals surface area contributed by atoms with Gasteiger partial charge in [-0.05, 0) is 30.8 Å². The van der Waals surface area contributed by atoms with Crippen LogP contribution in [0.15, 0.2) is 17.5 Å². The number of carbonyl (C=O) groups excluding carboxylic acids is 1. The number of hydrogen-bond acceptors (Lipinski definition) is 3. The van der Waals surface area contributed by atoms with E-state index in [9.17, 15) is 4.79 Å². The Balaban J connectivity index is 1.76. The van der Waals surface area contributed by atoms with Gasteiger partial charge in [-0.1, -0.05) is 6.07 Å². The van der Waals surface area contributed by atoms with E-state index < -0.39 is 0 Å². The lowest BCUT2D eigenvalue weighted by Gasteiger charge is -2.30. The molecule has 1 amide bonds. The van der Waals surface area contributed by atoms with Crippen LogP contribution in [0.4, 0.5) is 0 Å². The fraction of sp³-hybridized carbons (Fsp3) is 0.545. The molecule has 1 fully saturated rings. The van der Waals surface area contributed by atoms with Crippen LogP contribution in [0, 0.1) is 0 Å². The smallest absolute Gasteiger partial charge is 0.239 e. The lowest BCUT2D eigenvalue weighted by atomic mass is 10.1. The molecule has 1 N–H and O–H groups in total. The minimum atomic E-state index is 0.0818. The maximum absolute atomic E-state index is 11.8. The molecule has 0 aliphatic carbocycles. The fourth-order valence-corrected chi connectivity index (χ4v) is 2.31. The molecule has 0 spiro atoms. The van der Waals surface area contributed by atoms with E-state index in [2.05, 4.69) is 22.8 Å². The molecule has 0 radical (unpaired) electrons. The molecule has 1 atom stereocenters. The topological polar surface area (TPSA) is 32.3 Å². The normalized spacial score (nSPS) is 19.7. The van der Waals surface area contributed by atoms with Gasteiger partial charge >= 0.3 is 0 Å². The molecule has 0 aromatic carbocycles. The van der Waals surface area contributed by atoms with Gasteiger partial charge in [-0.25, -0.2) is 0 Å². The van der Waals surface area contributed by atoms with Crippen molar-refractivity contribution in [2.24, 2.45) is 0 Å². The SMILES string of the molecule is CN(CCc1cccs1)C(=O)[C@H]1CCN1. The fourth-order valence-electron chi connectivity index (χ4n) is 1.61. The van der Waals surface area contributed by atoms with E-state index in [-0.39, 0.29) is 11.9 Å². The van der Waals surface area contributed by atoms with E-state index in [1.807, 2.05) is 11.9 Å². The lowest BCUT2D eigenvalue weighted by Crippen LogP contribution is -2.53. The number of nitrogens with one attached hydrogen (secondary N) is 1. The summed E-state index contributed by atoms with van der Waals surface area (Å²) >= 11 is 1.75. The van der Waals surface area contributed by atoms with Crippen LogP contribution in [0.5, 0.6) is 0 Å². The largest absolute Gasteiger partial charge is 0.344 e. The number of thiophene rings is 1. The van der Waals surface area contributed by atoms with Gasteiger partial charge in [0.15, 0.2) is 0 Å². The van der Waals surface area contributed by atoms with Crippen LogP contribution in [0.1, 0.15) is 11.3 Å². The first-order chi connectivity index (χ1) is 7.27. The Hall–Kier alpha value is -0.870. The minimum Gasteiger partial charge on any atom is -0.344 e. The molecular weight excluding hydrogens is 208 g/mol. The van der Waals surface area contributed by atoms with Gasteiger partial charge in [0.25, 0.3) is 0 Å². The highest BCUT2D eigenvalue weighted by Crippen LogP contribution is 2.11. The molecule has 0 bridgehead atoms. The van der Waals surface area contributed by atoms with E-state index in [0.717, 1.165) is 25.9 Å². The molecule has 4 heteroatoms. The Morgan fingerprint density at radius 1 is 1.73 bits per heavy atom. The summed E-state index contributed by atoms with van der Waals surface area (Å²) in [5.41, 5.74) is 0. The van der Waals surface area contributed by atoms with E-state index >= 15 is 0 Å². The van der Waals surface area contributed by atoms with Crippen molar-refractivity contribution in [2.45, 2.75) is 18.9 Å². The monoisotopic (exact) mass is 224 g/mol. The van der Waals surface area contributed by atoms with E-state index in [1.54, 1.807) is 11.3 Å². The van der Waals surface area contributed by atoms with Crippen LogP contribution in [-0.2, 0) is 11.2 Å². The van der Waals surface area contributed by atoms with Gasteiger partial charge in [0, 0.05) is 18.5 Å².